The van der Waals surface area contributed by atoms with Crippen LogP contribution in [0.1, 0.15) is 47.2 Å². The third-order valence-corrected chi connectivity index (χ3v) is 3.61. The van der Waals surface area contributed by atoms with Crippen LogP contribution in [0.25, 0.3) is 0 Å². The molecule has 132 valence electrons. The van der Waals surface area contributed by atoms with E-state index in [2.05, 4.69) is 22.5 Å². The molecule has 0 atom stereocenters. The molecule has 0 radical (unpaired) electrons. The maximum atomic E-state index is 12.3. The van der Waals surface area contributed by atoms with Gasteiger partial charge in [-0.05, 0) is 30.7 Å². The van der Waals surface area contributed by atoms with Gasteiger partial charge < -0.3 is 15.4 Å². The Morgan fingerprint density at radius 3 is 2.48 bits per heavy atom. The van der Waals surface area contributed by atoms with E-state index in [0.717, 1.165) is 19.3 Å². The van der Waals surface area contributed by atoms with Gasteiger partial charge in [-0.3, -0.25) is 9.59 Å². The van der Waals surface area contributed by atoms with Crippen LogP contribution in [0.15, 0.2) is 42.5 Å². The van der Waals surface area contributed by atoms with E-state index in [9.17, 15) is 9.59 Å². The highest BCUT2D eigenvalue weighted by Gasteiger charge is 2.12. The van der Waals surface area contributed by atoms with E-state index in [1.807, 2.05) is 0 Å². The first-order chi connectivity index (χ1) is 12.1. The number of ether oxygens (including phenoxy) is 1. The molecule has 25 heavy (non-hydrogen) atoms. The Bertz CT molecular complexity index is 731. The summed E-state index contributed by atoms with van der Waals surface area (Å²) in [6.07, 6.45) is 3.09. The van der Waals surface area contributed by atoms with E-state index in [1.54, 1.807) is 49.6 Å². The molecule has 1 aromatic carbocycles. The van der Waals surface area contributed by atoms with E-state index in [-0.39, 0.29) is 23.2 Å². The SMILES string of the molecule is CCCCCNC(=O)c1cccc(C(=O)Nc2cccc(OC)c2)n1. The average Bonchev–Trinajstić information content (AvgIpc) is 2.65. The van der Waals surface area contributed by atoms with E-state index in [4.69, 9.17) is 4.74 Å². The molecule has 2 N–H and O–H groups in total. The second-order valence-corrected chi connectivity index (χ2v) is 5.56. The molecular weight excluding hydrogens is 318 g/mol. The number of aromatic nitrogens is 1. The van der Waals surface area contributed by atoms with Crippen LogP contribution in [0.4, 0.5) is 5.69 Å². The molecule has 6 nitrogen and oxygen atoms in total. The maximum Gasteiger partial charge on any atom is 0.274 e. The van der Waals surface area contributed by atoms with Crippen molar-refractivity contribution in [2.75, 3.05) is 19.0 Å². The number of unbranched alkanes of at least 4 members (excludes halogenated alkanes) is 2. The number of pyridine rings is 1. The zero-order valence-electron chi connectivity index (χ0n) is 14.5. The standard InChI is InChI=1S/C19H23N3O3/c1-3-4-5-12-20-18(23)16-10-7-11-17(22-16)19(24)21-14-8-6-9-15(13-14)25-2/h6-11,13H,3-5,12H2,1-2H3,(H,20,23)(H,21,24). The Morgan fingerprint density at radius 2 is 1.76 bits per heavy atom. The quantitative estimate of drug-likeness (QED) is 0.722. The Labute approximate surface area is 147 Å². The van der Waals surface area contributed by atoms with Gasteiger partial charge in [0.1, 0.15) is 17.1 Å². The summed E-state index contributed by atoms with van der Waals surface area (Å²) in [6, 6.07) is 11.8. The second kappa shape index (κ2) is 9.42. The van der Waals surface area contributed by atoms with Gasteiger partial charge in [-0.2, -0.15) is 0 Å². The monoisotopic (exact) mass is 341 g/mol. The molecule has 0 aliphatic heterocycles. The number of anilines is 1. The number of amides is 2. The van der Waals surface area contributed by atoms with Crippen molar-refractivity contribution in [3.63, 3.8) is 0 Å². The minimum atomic E-state index is -0.381. The van der Waals surface area contributed by atoms with Gasteiger partial charge >= 0.3 is 0 Å². The first kappa shape index (κ1) is 18.4. The van der Waals surface area contributed by atoms with E-state index >= 15 is 0 Å². The molecule has 0 aliphatic carbocycles. The molecule has 0 spiro atoms. The predicted octanol–water partition coefficient (Wildman–Crippen LogP) is 3.26. The molecule has 0 saturated carbocycles. The number of rotatable bonds is 8. The summed E-state index contributed by atoms with van der Waals surface area (Å²) in [5, 5.41) is 5.56. The molecule has 2 rings (SSSR count). The van der Waals surface area contributed by atoms with Crippen LogP contribution < -0.4 is 15.4 Å². The van der Waals surface area contributed by atoms with Crippen molar-refractivity contribution in [1.82, 2.24) is 10.3 Å². The Morgan fingerprint density at radius 1 is 1.04 bits per heavy atom. The summed E-state index contributed by atoms with van der Waals surface area (Å²) in [7, 11) is 1.56. The maximum absolute atomic E-state index is 12.3. The lowest BCUT2D eigenvalue weighted by molar-refractivity contribution is 0.0948. The van der Waals surface area contributed by atoms with Crippen molar-refractivity contribution in [3.8, 4) is 5.75 Å². The third kappa shape index (κ3) is 5.60. The number of nitrogens with zero attached hydrogens (tertiary/aromatic N) is 1. The number of benzene rings is 1. The highest BCUT2D eigenvalue weighted by atomic mass is 16.5. The van der Waals surface area contributed by atoms with Gasteiger partial charge in [-0.1, -0.05) is 31.9 Å². The van der Waals surface area contributed by atoms with Crippen molar-refractivity contribution >= 4 is 17.5 Å². The molecule has 0 saturated heterocycles. The zero-order chi connectivity index (χ0) is 18.1. The second-order valence-electron chi connectivity index (χ2n) is 5.56. The number of hydrogen-bond acceptors (Lipinski definition) is 4. The minimum absolute atomic E-state index is 0.184. The van der Waals surface area contributed by atoms with Crippen LogP contribution in [0.5, 0.6) is 5.75 Å². The molecular formula is C19H23N3O3. The molecule has 6 heteroatoms. The topological polar surface area (TPSA) is 80.3 Å². The number of carbonyl (C=O) groups excluding carboxylic acids is 2. The van der Waals surface area contributed by atoms with Gasteiger partial charge in [0.25, 0.3) is 11.8 Å². The van der Waals surface area contributed by atoms with E-state index in [0.29, 0.717) is 18.0 Å². The third-order valence-electron chi connectivity index (χ3n) is 3.61. The van der Waals surface area contributed by atoms with Crippen molar-refractivity contribution < 1.29 is 14.3 Å². The Balaban J connectivity index is 2.01. The number of nitrogens with one attached hydrogen (secondary N) is 2. The van der Waals surface area contributed by atoms with Crippen LogP contribution >= 0.6 is 0 Å². The van der Waals surface area contributed by atoms with Crippen LogP contribution in [0.2, 0.25) is 0 Å². The summed E-state index contributed by atoms with van der Waals surface area (Å²) < 4.78 is 5.13. The molecule has 0 unspecified atom stereocenters. The van der Waals surface area contributed by atoms with Crippen molar-refractivity contribution in [1.29, 1.82) is 0 Å². The highest BCUT2D eigenvalue weighted by Crippen LogP contribution is 2.17. The summed E-state index contributed by atoms with van der Waals surface area (Å²) in [4.78, 5) is 28.6. The summed E-state index contributed by atoms with van der Waals surface area (Å²) in [5.74, 6) is -0.00742. The van der Waals surface area contributed by atoms with Crippen LogP contribution in [-0.4, -0.2) is 30.5 Å². The van der Waals surface area contributed by atoms with Crippen LogP contribution in [0, 0.1) is 0 Å². The minimum Gasteiger partial charge on any atom is -0.497 e. The summed E-state index contributed by atoms with van der Waals surface area (Å²) in [5.41, 5.74) is 1.01. The van der Waals surface area contributed by atoms with Crippen molar-refractivity contribution in [2.45, 2.75) is 26.2 Å². The number of hydrogen-bond donors (Lipinski definition) is 2. The van der Waals surface area contributed by atoms with Gasteiger partial charge in [0.05, 0.1) is 7.11 Å². The summed E-state index contributed by atoms with van der Waals surface area (Å²) in [6.45, 7) is 2.71. The molecule has 2 amide bonds. The van der Waals surface area contributed by atoms with E-state index in [1.165, 1.54) is 0 Å². The molecule has 2 aromatic rings. The lowest BCUT2D eigenvalue weighted by Crippen LogP contribution is -2.26. The number of methoxy groups -OCH3 is 1. The fourth-order valence-corrected chi connectivity index (χ4v) is 2.25. The molecule has 0 bridgehead atoms. The van der Waals surface area contributed by atoms with Gasteiger partial charge in [-0.25, -0.2) is 4.98 Å². The van der Waals surface area contributed by atoms with Gasteiger partial charge in [0, 0.05) is 18.3 Å². The molecule has 0 aliphatic rings. The largest absolute Gasteiger partial charge is 0.497 e. The van der Waals surface area contributed by atoms with Crippen LogP contribution in [-0.2, 0) is 0 Å². The van der Waals surface area contributed by atoms with Crippen molar-refractivity contribution in [2.24, 2.45) is 0 Å². The first-order valence-electron chi connectivity index (χ1n) is 8.34. The fourth-order valence-electron chi connectivity index (χ4n) is 2.25. The average molecular weight is 341 g/mol. The number of carbonyl (C=O) groups is 2. The van der Waals surface area contributed by atoms with Crippen LogP contribution in [0.3, 0.4) is 0 Å². The van der Waals surface area contributed by atoms with Crippen molar-refractivity contribution in [3.05, 3.63) is 53.9 Å². The molecule has 0 fully saturated rings. The normalized spacial score (nSPS) is 10.2. The highest BCUT2D eigenvalue weighted by molar-refractivity contribution is 6.03. The summed E-state index contributed by atoms with van der Waals surface area (Å²) >= 11 is 0. The smallest absolute Gasteiger partial charge is 0.274 e. The Hall–Kier alpha value is -2.89. The van der Waals surface area contributed by atoms with Gasteiger partial charge in [0.15, 0.2) is 0 Å². The van der Waals surface area contributed by atoms with E-state index < -0.39 is 0 Å². The van der Waals surface area contributed by atoms with Gasteiger partial charge in [-0.15, -0.1) is 0 Å². The Kier molecular flexibility index (Phi) is 6.95. The lowest BCUT2D eigenvalue weighted by atomic mass is 10.2. The first-order valence-corrected chi connectivity index (χ1v) is 8.34. The zero-order valence-corrected chi connectivity index (χ0v) is 14.5. The fraction of sp³-hybridized carbons (Fsp3) is 0.316. The lowest BCUT2D eigenvalue weighted by Gasteiger charge is -2.08. The predicted molar refractivity (Wildman–Crippen MR) is 97.0 cm³/mol. The molecule has 1 heterocycles. The van der Waals surface area contributed by atoms with Gasteiger partial charge in [0.2, 0.25) is 0 Å². The molecule has 1 aromatic heterocycles.